The number of amides is 1. The third-order valence-electron chi connectivity index (χ3n) is 5.57. The number of aryl methyl sites for hydroxylation is 1. The molecule has 0 fully saturated rings. The average molecular weight is 404 g/mol. The summed E-state index contributed by atoms with van der Waals surface area (Å²) < 4.78 is 10.8. The summed E-state index contributed by atoms with van der Waals surface area (Å²) >= 11 is 0. The van der Waals surface area contributed by atoms with Gasteiger partial charge in [-0.2, -0.15) is 0 Å². The highest BCUT2D eigenvalue weighted by atomic mass is 16.5. The number of rotatable bonds is 9. The van der Waals surface area contributed by atoms with E-state index in [-0.39, 0.29) is 11.3 Å². The molecule has 0 aliphatic rings. The summed E-state index contributed by atoms with van der Waals surface area (Å²) in [5, 5.41) is 3.15. The summed E-state index contributed by atoms with van der Waals surface area (Å²) in [5.74, 6) is 1.38. The van der Waals surface area contributed by atoms with Gasteiger partial charge in [0.05, 0.1) is 14.2 Å². The number of hydrogen-bond donors (Lipinski definition) is 1. The summed E-state index contributed by atoms with van der Waals surface area (Å²) in [4.78, 5) is 12.7. The lowest BCUT2D eigenvalue weighted by Gasteiger charge is -2.31. The van der Waals surface area contributed by atoms with E-state index in [1.807, 2.05) is 54.6 Å². The van der Waals surface area contributed by atoms with Gasteiger partial charge in [0.1, 0.15) is 0 Å². The second-order valence-electron chi connectivity index (χ2n) is 7.49. The van der Waals surface area contributed by atoms with Gasteiger partial charge < -0.3 is 14.8 Å². The molecule has 0 saturated carbocycles. The number of hydrogen-bond acceptors (Lipinski definition) is 3. The molecule has 0 aromatic heterocycles. The van der Waals surface area contributed by atoms with E-state index in [9.17, 15) is 4.79 Å². The van der Waals surface area contributed by atoms with Crippen molar-refractivity contribution in [2.24, 2.45) is 0 Å². The summed E-state index contributed by atoms with van der Waals surface area (Å²) in [7, 11) is 3.23. The van der Waals surface area contributed by atoms with Gasteiger partial charge in [0.2, 0.25) is 5.91 Å². The Morgan fingerprint density at radius 1 is 0.833 bits per heavy atom. The zero-order valence-electron chi connectivity index (χ0n) is 17.9. The molecule has 1 N–H and O–H groups in total. The van der Waals surface area contributed by atoms with E-state index in [0.717, 1.165) is 5.56 Å². The van der Waals surface area contributed by atoms with Gasteiger partial charge in [0, 0.05) is 18.4 Å². The lowest BCUT2D eigenvalue weighted by Crippen LogP contribution is -2.39. The molecule has 0 aliphatic heterocycles. The molecule has 0 unspecified atom stereocenters. The Balaban J connectivity index is 1.70. The first-order valence-electron chi connectivity index (χ1n) is 10.2. The van der Waals surface area contributed by atoms with Crippen molar-refractivity contribution in [3.8, 4) is 11.5 Å². The average Bonchev–Trinajstić information content (AvgIpc) is 2.81. The van der Waals surface area contributed by atoms with Gasteiger partial charge in [0.15, 0.2) is 11.5 Å². The minimum absolute atomic E-state index is 0.0120. The van der Waals surface area contributed by atoms with Crippen LogP contribution >= 0.6 is 0 Å². The highest BCUT2D eigenvalue weighted by Gasteiger charge is 2.29. The molecule has 0 radical (unpaired) electrons. The van der Waals surface area contributed by atoms with Crippen LogP contribution < -0.4 is 14.8 Å². The first-order chi connectivity index (χ1) is 14.6. The van der Waals surface area contributed by atoms with Crippen LogP contribution in [0.1, 0.15) is 30.0 Å². The van der Waals surface area contributed by atoms with E-state index >= 15 is 0 Å². The monoisotopic (exact) mass is 403 g/mol. The molecule has 156 valence electrons. The van der Waals surface area contributed by atoms with Crippen molar-refractivity contribution in [2.45, 2.75) is 25.2 Å². The highest BCUT2D eigenvalue weighted by Crippen LogP contribution is 2.32. The van der Waals surface area contributed by atoms with Crippen LogP contribution in [0.25, 0.3) is 0 Å². The third kappa shape index (κ3) is 4.82. The SMILES string of the molecule is COc1cccc(CCC(=O)NCC(C)(c2ccccc2)c2ccccc2)c1OC. The second kappa shape index (κ2) is 9.97. The summed E-state index contributed by atoms with van der Waals surface area (Å²) in [6, 6.07) is 26.3. The van der Waals surface area contributed by atoms with E-state index in [1.165, 1.54) is 11.1 Å². The van der Waals surface area contributed by atoms with Crippen LogP contribution in [0.4, 0.5) is 0 Å². The lowest BCUT2D eigenvalue weighted by atomic mass is 9.76. The molecule has 1 amide bonds. The predicted octanol–water partition coefficient (Wildman–Crippen LogP) is 4.76. The molecule has 0 bridgehead atoms. The Kier molecular flexibility index (Phi) is 7.12. The number of methoxy groups -OCH3 is 2. The van der Waals surface area contributed by atoms with Gasteiger partial charge in [-0.1, -0.05) is 72.8 Å². The van der Waals surface area contributed by atoms with E-state index in [4.69, 9.17) is 9.47 Å². The van der Waals surface area contributed by atoms with Crippen LogP contribution in [0.15, 0.2) is 78.9 Å². The Morgan fingerprint density at radius 2 is 1.43 bits per heavy atom. The third-order valence-corrected chi connectivity index (χ3v) is 5.57. The molecule has 0 saturated heterocycles. The van der Waals surface area contributed by atoms with E-state index < -0.39 is 0 Å². The number of ether oxygens (including phenoxy) is 2. The van der Waals surface area contributed by atoms with Crippen molar-refractivity contribution in [3.05, 3.63) is 95.6 Å². The molecule has 3 rings (SSSR count). The maximum Gasteiger partial charge on any atom is 0.220 e. The fraction of sp³-hybridized carbons (Fsp3) is 0.269. The maximum absolute atomic E-state index is 12.7. The minimum Gasteiger partial charge on any atom is -0.493 e. The van der Waals surface area contributed by atoms with Crippen LogP contribution in [0.3, 0.4) is 0 Å². The van der Waals surface area contributed by atoms with E-state index in [1.54, 1.807) is 14.2 Å². The van der Waals surface area contributed by atoms with Crippen molar-refractivity contribution >= 4 is 5.91 Å². The molecule has 3 aromatic rings. The van der Waals surface area contributed by atoms with Crippen LogP contribution in [0, 0.1) is 0 Å². The maximum atomic E-state index is 12.7. The molecule has 0 atom stereocenters. The first-order valence-corrected chi connectivity index (χ1v) is 10.2. The zero-order valence-corrected chi connectivity index (χ0v) is 17.9. The van der Waals surface area contributed by atoms with Crippen LogP contribution in [-0.4, -0.2) is 26.7 Å². The number of carbonyl (C=O) groups excluding carboxylic acids is 1. The van der Waals surface area contributed by atoms with Gasteiger partial charge >= 0.3 is 0 Å². The molecular weight excluding hydrogens is 374 g/mol. The standard InChI is InChI=1S/C26H29NO3/c1-26(21-12-6-4-7-13-21,22-14-8-5-9-15-22)19-27-24(28)18-17-20-11-10-16-23(29-2)25(20)30-3/h4-16H,17-19H2,1-3H3,(H,27,28). The Labute approximate surface area is 178 Å². The summed E-state index contributed by atoms with van der Waals surface area (Å²) in [6.07, 6.45) is 0.961. The fourth-order valence-electron chi connectivity index (χ4n) is 3.75. The Bertz CT molecular complexity index is 915. The first kappa shape index (κ1) is 21.4. The predicted molar refractivity (Wildman–Crippen MR) is 120 cm³/mol. The summed E-state index contributed by atoms with van der Waals surface area (Å²) in [5.41, 5.74) is 2.99. The number of para-hydroxylation sites is 1. The van der Waals surface area contributed by atoms with Gasteiger partial charge in [-0.25, -0.2) is 0 Å². The van der Waals surface area contributed by atoms with Gasteiger partial charge in [-0.3, -0.25) is 4.79 Å². The molecule has 0 spiro atoms. The highest BCUT2D eigenvalue weighted by molar-refractivity contribution is 5.76. The zero-order chi connectivity index (χ0) is 21.4. The smallest absolute Gasteiger partial charge is 0.220 e. The molecule has 30 heavy (non-hydrogen) atoms. The van der Waals surface area contributed by atoms with Crippen LogP contribution in [0.2, 0.25) is 0 Å². The van der Waals surface area contributed by atoms with Crippen molar-refractivity contribution < 1.29 is 14.3 Å². The van der Waals surface area contributed by atoms with E-state index in [2.05, 4.69) is 36.5 Å². The van der Waals surface area contributed by atoms with Crippen molar-refractivity contribution in [1.29, 1.82) is 0 Å². The van der Waals surface area contributed by atoms with Gasteiger partial charge in [-0.05, 0) is 36.1 Å². The van der Waals surface area contributed by atoms with Crippen LogP contribution in [-0.2, 0) is 16.6 Å². The Hall–Kier alpha value is -3.27. The normalized spacial score (nSPS) is 11.0. The van der Waals surface area contributed by atoms with E-state index in [0.29, 0.717) is 30.9 Å². The molecule has 0 aliphatic carbocycles. The summed E-state index contributed by atoms with van der Waals surface area (Å²) in [6.45, 7) is 2.69. The van der Waals surface area contributed by atoms with Crippen molar-refractivity contribution in [3.63, 3.8) is 0 Å². The largest absolute Gasteiger partial charge is 0.493 e. The molecule has 0 heterocycles. The van der Waals surface area contributed by atoms with Crippen molar-refractivity contribution in [1.82, 2.24) is 5.32 Å². The number of benzene rings is 3. The Morgan fingerprint density at radius 3 is 1.97 bits per heavy atom. The second-order valence-corrected chi connectivity index (χ2v) is 7.49. The molecule has 3 aromatic carbocycles. The fourth-order valence-corrected chi connectivity index (χ4v) is 3.75. The van der Waals surface area contributed by atoms with Crippen molar-refractivity contribution in [2.75, 3.05) is 20.8 Å². The van der Waals surface area contributed by atoms with Gasteiger partial charge in [0.25, 0.3) is 0 Å². The number of nitrogens with one attached hydrogen (secondary N) is 1. The molecular formula is C26H29NO3. The number of carbonyl (C=O) groups is 1. The minimum atomic E-state index is -0.314. The lowest BCUT2D eigenvalue weighted by molar-refractivity contribution is -0.121. The topological polar surface area (TPSA) is 47.6 Å². The molecule has 4 heteroatoms. The van der Waals surface area contributed by atoms with Gasteiger partial charge in [-0.15, -0.1) is 0 Å². The quantitative estimate of drug-likeness (QED) is 0.560. The van der Waals surface area contributed by atoms with Crippen LogP contribution in [0.5, 0.6) is 11.5 Å². The molecule has 4 nitrogen and oxygen atoms in total.